The molecule has 0 aliphatic carbocycles. The number of carbonyl (C=O) groups is 1. The molecule has 7 nitrogen and oxygen atoms in total. The number of hydrogen-bond donors (Lipinski definition) is 2. The zero-order chi connectivity index (χ0) is 17.2. The molecule has 2 aliphatic heterocycles. The number of aromatic nitrogens is 2. The number of amides is 1. The fourth-order valence-corrected chi connectivity index (χ4v) is 3.36. The fourth-order valence-electron chi connectivity index (χ4n) is 3.36. The van der Waals surface area contributed by atoms with E-state index in [9.17, 15) is 4.79 Å². The first-order chi connectivity index (χ1) is 12.3. The summed E-state index contributed by atoms with van der Waals surface area (Å²) in [4.78, 5) is 21.4. The van der Waals surface area contributed by atoms with Crippen LogP contribution in [0.25, 0.3) is 11.0 Å². The molecule has 1 amide bonds. The van der Waals surface area contributed by atoms with Gasteiger partial charge in [-0.15, -0.1) is 0 Å². The van der Waals surface area contributed by atoms with Crippen molar-refractivity contribution in [3.05, 3.63) is 23.9 Å². The van der Waals surface area contributed by atoms with Gasteiger partial charge in [0.1, 0.15) is 11.3 Å². The van der Waals surface area contributed by atoms with Crippen LogP contribution in [0.1, 0.15) is 24.3 Å². The molecule has 132 valence electrons. The summed E-state index contributed by atoms with van der Waals surface area (Å²) in [7, 11) is 1.62. The van der Waals surface area contributed by atoms with E-state index in [0.717, 1.165) is 31.6 Å². The molecule has 2 saturated heterocycles. The number of fused-ring (bicyclic) bond motifs is 1. The monoisotopic (exact) mass is 342 g/mol. The number of hydrogen-bond acceptors (Lipinski definition) is 6. The van der Waals surface area contributed by atoms with Crippen LogP contribution in [0.2, 0.25) is 0 Å². The van der Waals surface area contributed by atoms with Crippen LogP contribution in [0.4, 0.5) is 5.82 Å². The van der Waals surface area contributed by atoms with Gasteiger partial charge in [0.05, 0.1) is 24.7 Å². The number of rotatable bonds is 4. The predicted octanol–water partition coefficient (Wildman–Crippen LogP) is 1.69. The first-order valence-corrected chi connectivity index (χ1v) is 8.69. The third kappa shape index (κ3) is 3.17. The van der Waals surface area contributed by atoms with Crippen LogP contribution in [0.5, 0.6) is 5.75 Å². The summed E-state index contributed by atoms with van der Waals surface area (Å²) in [5, 5.41) is 5.95. The predicted molar refractivity (Wildman–Crippen MR) is 93.9 cm³/mol. The minimum atomic E-state index is -0.0213. The lowest BCUT2D eigenvalue weighted by Gasteiger charge is -2.25. The van der Waals surface area contributed by atoms with Crippen LogP contribution in [0.15, 0.2) is 18.3 Å². The topological polar surface area (TPSA) is 85.4 Å². The molecule has 1 aromatic heterocycles. The molecule has 2 N–H and O–H groups in total. The summed E-state index contributed by atoms with van der Waals surface area (Å²) in [6, 6.07) is 4.01. The van der Waals surface area contributed by atoms with Gasteiger partial charge in [0, 0.05) is 26.3 Å². The van der Waals surface area contributed by atoms with Crippen molar-refractivity contribution >= 4 is 22.8 Å². The summed E-state index contributed by atoms with van der Waals surface area (Å²) in [6.45, 7) is 2.97. The second-order valence-electron chi connectivity index (χ2n) is 6.54. The van der Waals surface area contributed by atoms with Gasteiger partial charge >= 0.3 is 0 Å². The van der Waals surface area contributed by atoms with Gasteiger partial charge < -0.3 is 20.1 Å². The number of nitrogens with zero attached hydrogens (tertiary/aromatic N) is 2. The Hall–Kier alpha value is -2.25. The fraction of sp³-hybridized carbons (Fsp3) is 0.500. The standard InChI is InChI=1S/C18H22N4O3/c1-24-14-3-2-13(11-4-6-25-7-5-11)16-17(14)21-15(10-20-16)22-18(23)12-8-19-9-12/h2-3,10-12,19H,4-9H2,1H3,(H,21,22,23). The highest BCUT2D eigenvalue weighted by Crippen LogP contribution is 2.35. The Bertz CT molecular complexity index is 785. The van der Waals surface area contributed by atoms with Crippen LogP contribution in [-0.2, 0) is 9.53 Å². The molecule has 0 saturated carbocycles. The Kier molecular flexibility index (Phi) is 4.50. The van der Waals surface area contributed by atoms with Crippen molar-refractivity contribution < 1.29 is 14.3 Å². The third-order valence-electron chi connectivity index (χ3n) is 4.98. The van der Waals surface area contributed by atoms with Gasteiger partial charge in [-0.3, -0.25) is 9.78 Å². The van der Waals surface area contributed by atoms with E-state index in [0.29, 0.717) is 36.1 Å². The minimum absolute atomic E-state index is 0.00738. The van der Waals surface area contributed by atoms with Crippen molar-refractivity contribution in [2.75, 3.05) is 38.7 Å². The molecule has 0 bridgehead atoms. The first kappa shape index (κ1) is 16.2. The molecular weight excluding hydrogens is 320 g/mol. The van der Waals surface area contributed by atoms with Crippen LogP contribution in [0, 0.1) is 5.92 Å². The Balaban J connectivity index is 1.68. The van der Waals surface area contributed by atoms with E-state index in [1.54, 1.807) is 13.3 Å². The largest absolute Gasteiger partial charge is 0.494 e. The van der Waals surface area contributed by atoms with Crippen LogP contribution < -0.4 is 15.4 Å². The molecule has 25 heavy (non-hydrogen) atoms. The summed E-state index contributed by atoms with van der Waals surface area (Å²) in [5.74, 6) is 1.53. The molecular formula is C18H22N4O3. The van der Waals surface area contributed by atoms with Gasteiger partial charge in [0.2, 0.25) is 5.91 Å². The molecule has 0 unspecified atom stereocenters. The molecule has 4 rings (SSSR count). The zero-order valence-electron chi connectivity index (χ0n) is 14.2. The number of carbonyl (C=O) groups excluding carboxylic acids is 1. The molecule has 0 spiro atoms. The van der Waals surface area contributed by atoms with Crippen molar-refractivity contribution in [1.82, 2.24) is 15.3 Å². The Morgan fingerprint density at radius 3 is 2.76 bits per heavy atom. The average Bonchev–Trinajstić information content (AvgIpc) is 2.60. The van der Waals surface area contributed by atoms with Crippen LogP contribution >= 0.6 is 0 Å². The smallest absolute Gasteiger partial charge is 0.231 e. The number of anilines is 1. The van der Waals surface area contributed by atoms with E-state index in [1.807, 2.05) is 6.07 Å². The Morgan fingerprint density at radius 1 is 1.28 bits per heavy atom. The van der Waals surface area contributed by atoms with Crippen LogP contribution in [-0.4, -0.2) is 49.3 Å². The van der Waals surface area contributed by atoms with Crippen molar-refractivity contribution in [2.24, 2.45) is 5.92 Å². The normalized spacial score (nSPS) is 18.8. The Labute approximate surface area is 146 Å². The van der Waals surface area contributed by atoms with E-state index in [1.165, 1.54) is 5.56 Å². The molecule has 0 radical (unpaired) electrons. The van der Waals surface area contributed by atoms with Crippen LogP contribution in [0.3, 0.4) is 0 Å². The molecule has 2 aromatic rings. The minimum Gasteiger partial charge on any atom is -0.494 e. The first-order valence-electron chi connectivity index (χ1n) is 8.69. The maximum absolute atomic E-state index is 12.1. The molecule has 7 heteroatoms. The van der Waals surface area contributed by atoms with Gasteiger partial charge in [-0.1, -0.05) is 6.07 Å². The molecule has 2 fully saturated rings. The molecule has 1 aromatic carbocycles. The van der Waals surface area contributed by atoms with E-state index < -0.39 is 0 Å². The lowest BCUT2D eigenvalue weighted by molar-refractivity contribution is -0.121. The van der Waals surface area contributed by atoms with Crippen molar-refractivity contribution in [3.8, 4) is 5.75 Å². The van der Waals surface area contributed by atoms with Crippen molar-refractivity contribution in [3.63, 3.8) is 0 Å². The Morgan fingerprint density at radius 2 is 2.08 bits per heavy atom. The summed E-state index contributed by atoms with van der Waals surface area (Å²) >= 11 is 0. The molecule has 0 atom stereocenters. The maximum atomic E-state index is 12.1. The second-order valence-corrected chi connectivity index (χ2v) is 6.54. The van der Waals surface area contributed by atoms with E-state index in [4.69, 9.17) is 9.47 Å². The highest BCUT2D eigenvalue weighted by molar-refractivity contribution is 5.94. The van der Waals surface area contributed by atoms with Gasteiger partial charge in [0.25, 0.3) is 0 Å². The van der Waals surface area contributed by atoms with Crippen molar-refractivity contribution in [1.29, 1.82) is 0 Å². The average molecular weight is 342 g/mol. The lowest BCUT2D eigenvalue weighted by Crippen LogP contribution is -2.48. The second kappa shape index (κ2) is 6.93. The van der Waals surface area contributed by atoms with Crippen molar-refractivity contribution in [2.45, 2.75) is 18.8 Å². The summed E-state index contributed by atoms with van der Waals surface area (Å²) in [6.07, 6.45) is 3.60. The van der Waals surface area contributed by atoms with E-state index >= 15 is 0 Å². The van der Waals surface area contributed by atoms with Gasteiger partial charge in [-0.05, 0) is 30.4 Å². The maximum Gasteiger partial charge on any atom is 0.231 e. The van der Waals surface area contributed by atoms with Gasteiger partial charge in [-0.2, -0.15) is 0 Å². The number of methoxy groups -OCH3 is 1. The van der Waals surface area contributed by atoms with E-state index in [2.05, 4.69) is 26.7 Å². The number of nitrogens with one attached hydrogen (secondary N) is 2. The summed E-state index contributed by atoms with van der Waals surface area (Å²) < 4.78 is 10.9. The summed E-state index contributed by atoms with van der Waals surface area (Å²) in [5.41, 5.74) is 2.71. The highest BCUT2D eigenvalue weighted by atomic mass is 16.5. The number of ether oxygens (including phenoxy) is 2. The van der Waals surface area contributed by atoms with Gasteiger partial charge in [-0.25, -0.2) is 4.98 Å². The molecule has 3 heterocycles. The lowest BCUT2D eigenvalue weighted by atomic mass is 9.90. The molecule has 2 aliphatic rings. The zero-order valence-corrected chi connectivity index (χ0v) is 14.2. The highest BCUT2D eigenvalue weighted by Gasteiger charge is 2.26. The quantitative estimate of drug-likeness (QED) is 0.879. The number of benzene rings is 1. The third-order valence-corrected chi connectivity index (χ3v) is 4.98. The van der Waals surface area contributed by atoms with Gasteiger partial charge in [0.15, 0.2) is 5.82 Å². The van der Waals surface area contributed by atoms with E-state index in [-0.39, 0.29) is 11.8 Å². The SMILES string of the molecule is COc1ccc(C2CCOCC2)c2ncc(NC(=O)C3CNC3)nc12.